The summed E-state index contributed by atoms with van der Waals surface area (Å²) in [5, 5.41) is 8.89. The summed E-state index contributed by atoms with van der Waals surface area (Å²) < 4.78 is 0. The maximum atomic E-state index is 10.8. The van der Waals surface area contributed by atoms with Crippen molar-refractivity contribution >= 4 is 5.97 Å². The maximum absolute atomic E-state index is 10.8. The Bertz CT molecular complexity index is 435. The van der Waals surface area contributed by atoms with Crippen LogP contribution in [0, 0.1) is 0 Å². The van der Waals surface area contributed by atoms with E-state index in [-0.39, 0.29) is 0 Å². The average molecular weight is 215 g/mol. The lowest BCUT2D eigenvalue weighted by atomic mass is 10.1. The van der Waals surface area contributed by atoms with Gasteiger partial charge in [-0.1, -0.05) is 36.4 Å². The molecule has 0 bridgehead atoms. The third kappa shape index (κ3) is 2.51. The lowest BCUT2D eigenvalue weighted by molar-refractivity contribution is -0.132. The van der Waals surface area contributed by atoms with E-state index in [1.165, 1.54) is 0 Å². The van der Waals surface area contributed by atoms with Gasteiger partial charge in [-0.2, -0.15) is 0 Å². The number of carbonyl (C=O) groups is 1. The molecule has 1 aromatic carbocycles. The van der Waals surface area contributed by atoms with E-state index in [2.05, 4.69) is 0 Å². The molecule has 0 fully saturated rings. The number of rotatable bonds is 3. The van der Waals surface area contributed by atoms with Crippen molar-refractivity contribution in [1.82, 2.24) is 4.90 Å². The lowest BCUT2D eigenvalue weighted by Crippen LogP contribution is -2.15. The molecule has 0 aromatic heterocycles. The predicted molar refractivity (Wildman–Crippen MR) is 61.5 cm³/mol. The highest BCUT2D eigenvalue weighted by molar-refractivity contribution is 5.87. The van der Waals surface area contributed by atoms with E-state index >= 15 is 0 Å². The Morgan fingerprint density at radius 3 is 2.75 bits per heavy atom. The van der Waals surface area contributed by atoms with Gasteiger partial charge in [0.1, 0.15) is 0 Å². The Morgan fingerprint density at radius 1 is 1.31 bits per heavy atom. The summed E-state index contributed by atoms with van der Waals surface area (Å²) in [4.78, 5) is 12.7. The summed E-state index contributed by atoms with van der Waals surface area (Å²) in [6, 6.07) is 9.97. The summed E-state index contributed by atoms with van der Waals surface area (Å²) in [5.74, 6) is -0.845. The molecule has 0 unspecified atom stereocenters. The van der Waals surface area contributed by atoms with Crippen LogP contribution in [0.15, 0.2) is 54.4 Å². The van der Waals surface area contributed by atoms with Crippen LogP contribution in [0.3, 0.4) is 0 Å². The summed E-state index contributed by atoms with van der Waals surface area (Å²) in [5.41, 5.74) is 1.59. The van der Waals surface area contributed by atoms with E-state index in [4.69, 9.17) is 5.11 Å². The number of benzene rings is 1. The third-order valence-electron chi connectivity index (χ3n) is 2.44. The molecule has 0 saturated carbocycles. The molecule has 1 aliphatic rings. The minimum absolute atomic E-state index is 0.429. The molecule has 0 amide bonds. The predicted octanol–water partition coefficient (Wildman–Crippen LogP) is 2.37. The normalized spacial score (nSPS) is 14.8. The molecule has 82 valence electrons. The van der Waals surface area contributed by atoms with Crippen molar-refractivity contribution in [2.24, 2.45) is 0 Å². The number of hydrogen-bond acceptors (Lipinski definition) is 2. The second-order valence-electron chi connectivity index (χ2n) is 3.71. The quantitative estimate of drug-likeness (QED) is 0.841. The van der Waals surface area contributed by atoms with Crippen LogP contribution in [0.1, 0.15) is 12.0 Å². The van der Waals surface area contributed by atoms with Crippen molar-refractivity contribution in [3.05, 3.63) is 59.9 Å². The van der Waals surface area contributed by atoms with E-state index in [9.17, 15) is 4.79 Å². The Morgan fingerprint density at radius 2 is 2.06 bits per heavy atom. The Hall–Kier alpha value is -2.03. The fraction of sp³-hybridized carbons (Fsp3) is 0.154. The minimum Gasteiger partial charge on any atom is -0.478 e. The van der Waals surface area contributed by atoms with Gasteiger partial charge >= 0.3 is 5.97 Å². The van der Waals surface area contributed by atoms with E-state index in [0.717, 1.165) is 5.56 Å². The van der Waals surface area contributed by atoms with Crippen LogP contribution in [0.5, 0.6) is 0 Å². The minimum atomic E-state index is -0.845. The monoisotopic (exact) mass is 215 g/mol. The molecule has 3 heteroatoms. The highest BCUT2D eigenvalue weighted by Gasteiger charge is 2.11. The average Bonchev–Trinajstić information content (AvgIpc) is 2.30. The Kier molecular flexibility index (Phi) is 3.05. The highest BCUT2D eigenvalue weighted by Crippen LogP contribution is 2.14. The first kappa shape index (κ1) is 10.5. The van der Waals surface area contributed by atoms with E-state index in [1.54, 1.807) is 6.20 Å². The molecule has 16 heavy (non-hydrogen) atoms. The SMILES string of the molecule is O=C(O)C1=CN(Cc2ccccc2)C=CC1. The molecule has 1 aliphatic heterocycles. The van der Waals surface area contributed by atoms with Gasteiger partial charge in [0.2, 0.25) is 0 Å². The fourth-order valence-electron chi connectivity index (χ4n) is 1.65. The van der Waals surface area contributed by atoms with Gasteiger partial charge in [-0.15, -0.1) is 0 Å². The standard InChI is InChI=1S/C13H13NO2/c15-13(16)12-7-4-8-14(10-12)9-11-5-2-1-3-6-11/h1-6,8,10H,7,9H2,(H,15,16). The van der Waals surface area contributed by atoms with Gasteiger partial charge in [0.25, 0.3) is 0 Å². The summed E-state index contributed by atoms with van der Waals surface area (Å²) in [6.07, 6.45) is 5.97. The molecule has 1 N–H and O–H groups in total. The molecule has 0 radical (unpaired) electrons. The fourth-order valence-corrected chi connectivity index (χ4v) is 1.65. The van der Waals surface area contributed by atoms with Crippen molar-refractivity contribution in [2.45, 2.75) is 13.0 Å². The largest absolute Gasteiger partial charge is 0.478 e. The molecule has 1 heterocycles. The van der Waals surface area contributed by atoms with Crippen molar-refractivity contribution in [1.29, 1.82) is 0 Å². The molecule has 0 aliphatic carbocycles. The van der Waals surface area contributed by atoms with Gasteiger partial charge in [-0.25, -0.2) is 4.79 Å². The third-order valence-corrected chi connectivity index (χ3v) is 2.44. The van der Waals surface area contributed by atoms with Gasteiger partial charge in [0.15, 0.2) is 0 Å². The molecule has 2 rings (SSSR count). The van der Waals surface area contributed by atoms with Crippen LogP contribution in [0.2, 0.25) is 0 Å². The van der Waals surface area contributed by atoms with Crippen molar-refractivity contribution < 1.29 is 9.90 Å². The molecule has 3 nitrogen and oxygen atoms in total. The van der Waals surface area contributed by atoms with E-state index in [1.807, 2.05) is 47.5 Å². The second kappa shape index (κ2) is 4.66. The smallest absolute Gasteiger partial charge is 0.333 e. The van der Waals surface area contributed by atoms with Gasteiger partial charge < -0.3 is 10.0 Å². The molecule has 0 spiro atoms. The first-order chi connectivity index (χ1) is 7.75. The van der Waals surface area contributed by atoms with Gasteiger partial charge in [0, 0.05) is 25.4 Å². The topological polar surface area (TPSA) is 40.5 Å². The zero-order chi connectivity index (χ0) is 11.4. The Balaban J connectivity index is 2.08. The van der Waals surface area contributed by atoms with E-state index < -0.39 is 5.97 Å². The van der Waals surface area contributed by atoms with Crippen LogP contribution in [-0.2, 0) is 11.3 Å². The highest BCUT2D eigenvalue weighted by atomic mass is 16.4. The van der Waals surface area contributed by atoms with E-state index in [0.29, 0.717) is 18.5 Å². The van der Waals surface area contributed by atoms with Gasteiger partial charge in [-0.3, -0.25) is 0 Å². The van der Waals surface area contributed by atoms with Crippen LogP contribution < -0.4 is 0 Å². The van der Waals surface area contributed by atoms with Crippen LogP contribution in [-0.4, -0.2) is 16.0 Å². The van der Waals surface area contributed by atoms with Crippen molar-refractivity contribution in [3.63, 3.8) is 0 Å². The molecule has 0 saturated heterocycles. The summed E-state index contributed by atoms with van der Waals surface area (Å²) >= 11 is 0. The first-order valence-electron chi connectivity index (χ1n) is 5.16. The number of carboxylic acid groups (broad SMARTS) is 1. The Labute approximate surface area is 94.3 Å². The van der Waals surface area contributed by atoms with Crippen molar-refractivity contribution in [3.8, 4) is 0 Å². The molecular weight excluding hydrogens is 202 g/mol. The number of hydrogen-bond donors (Lipinski definition) is 1. The van der Waals surface area contributed by atoms with Crippen LogP contribution >= 0.6 is 0 Å². The number of nitrogens with zero attached hydrogens (tertiary/aromatic N) is 1. The van der Waals surface area contributed by atoms with Crippen LogP contribution in [0.4, 0.5) is 0 Å². The summed E-state index contributed by atoms with van der Waals surface area (Å²) in [6.45, 7) is 0.702. The summed E-state index contributed by atoms with van der Waals surface area (Å²) in [7, 11) is 0. The lowest BCUT2D eigenvalue weighted by Gasteiger charge is -2.20. The molecule has 0 atom stereocenters. The zero-order valence-corrected chi connectivity index (χ0v) is 8.84. The number of aliphatic carboxylic acids is 1. The van der Waals surface area contributed by atoms with Gasteiger partial charge in [0.05, 0.1) is 5.57 Å². The zero-order valence-electron chi connectivity index (χ0n) is 8.84. The second-order valence-corrected chi connectivity index (χ2v) is 3.71. The number of allylic oxidation sites excluding steroid dienone is 1. The maximum Gasteiger partial charge on any atom is 0.333 e. The first-order valence-corrected chi connectivity index (χ1v) is 5.16. The number of carboxylic acids is 1. The van der Waals surface area contributed by atoms with Gasteiger partial charge in [-0.05, 0) is 5.56 Å². The van der Waals surface area contributed by atoms with Crippen LogP contribution in [0.25, 0.3) is 0 Å². The molecular formula is C13H13NO2. The molecule has 1 aromatic rings. The van der Waals surface area contributed by atoms with Crippen molar-refractivity contribution in [2.75, 3.05) is 0 Å².